The van der Waals surface area contributed by atoms with Gasteiger partial charge >= 0.3 is 11.7 Å². The first-order valence-corrected chi connectivity index (χ1v) is 5.25. The van der Waals surface area contributed by atoms with Gasteiger partial charge in [-0.3, -0.25) is 10.1 Å². The molecule has 0 aromatic heterocycles. The molecule has 6 nitrogen and oxygen atoms in total. The molecule has 0 radical (unpaired) electrons. The highest BCUT2D eigenvalue weighted by molar-refractivity contribution is 5.90. The molecular formula is C12H13NO5. The lowest BCUT2D eigenvalue weighted by Crippen LogP contribution is -2.14. The van der Waals surface area contributed by atoms with E-state index in [2.05, 4.69) is 4.74 Å². The summed E-state index contributed by atoms with van der Waals surface area (Å²) in [6.45, 7) is 1.68. The average molecular weight is 251 g/mol. The number of methoxy groups -OCH3 is 1. The maximum atomic E-state index is 11.4. The highest BCUT2D eigenvalue weighted by Gasteiger charge is 2.23. The molecule has 18 heavy (non-hydrogen) atoms. The lowest BCUT2D eigenvalue weighted by Gasteiger charge is -2.01. The first-order valence-electron chi connectivity index (χ1n) is 5.25. The zero-order chi connectivity index (χ0) is 13.5. The zero-order valence-corrected chi connectivity index (χ0v) is 10.1. The lowest BCUT2D eigenvalue weighted by molar-refractivity contribution is -0.419. The first-order chi connectivity index (χ1) is 8.58. The molecule has 0 saturated heterocycles. The summed E-state index contributed by atoms with van der Waals surface area (Å²) in [5.74, 6) is -0.316. The molecule has 0 aliphatic heterocycles. The second-order valence-electron chi connectivity index (χ2n) is 3.28. The summed E-state index contributed by atoms with van der Waals surface area (Å²) in [6, 6.07) is 6.52. The molecule has 0 heterocycles. The Hall–Kier alpha value is -2.37. The summed E-state index contributed by atoms with van der Waals surface area (Å²) in [4.78, 5) is 21.3. The number of rotatable bonds is 5. The Morgan fingerprint density at radius 2 is 2.00 bits per heavy atom. The van der Waals surface area contributed by atoms with Crippen LogP contribution in [-0.2, 0) is 9.53 Å². The number of hydrogen-bond donors (Lipinski definition) is 0. The van der Waals surface area contributed by atoms with Gasteiger partial charge in [-0.15, -0.1) is 0 Å². The Morgan fingerprint density at radius 3 is 2.44 bits per heavy atom. The largest absolute Gasteiger partial charge is 0.497 e. The van der Waals surface area contributed by atoms with E-state index in [4.69, 9.17) is 4.74 Å². The summed E-state index contributed by atoms with van der Waals surface area (Å²) >= 11 is 0. The van der Waals surface area contributed by atoms with E-state index < -0.39 is 16.6 Å². The molecule has 0 aliphatic rings. The molecule has 0 amide bonds. The molecule has 0 fully saturated rings. The molecule has 0 bridgehead atoms. The Morgan fingerprint density at radius 1 is 1.39 bits per heavy atom. The van der Waals surface area contributed by atoms with Crippen LogP contribution in [-0.4, -0.2) is 24.6 Å². The van der Waals surface area contributed by atoms with Crippen LogP contribution in [0.4, 0.5) is 0 Å². The van der Waals surface area contributed by atoms with Crippen molar-refractivity contribution in [3.05, 3.63) is 45.6 Å². The maximum absolute atomic E-state index is 11.4. The summed E-state index contributed by atoms with van der Waals surface area (Å²) < 4.78 is 9.57. The normalized spacial score (nSPS) is 10.9. The van der Waals surface area contributed by atoms with Gasteiger partial charge in [-0.25, -0.2) is 4.79 Å². The second kappa shape index (κ2) is 6.39. The lowest BCUT2D eigenvalue weighted by atomic mass is 10.2. The number of hydrogen-bond acceptors (Lipinski definition) is 5. The van der Waals surface area contributed by atoms with E-state index in [0.717, 1.165) is 6.08 Å². The van der Waals surface area contributed by atoms with Crippen molar-refractivity contribution in [3.8, 4) is 5.75 Å². The third kappa shape index (κ3) is 3.58. The highest BCUT2D eigenvalue weighted by atomic mass is 16.6. The minimum absolute atomic E-state index is 0.0899. The van der Waals surface area contributed by atoms with Crippen LogP contribution in [0.25, 0.3) is 6.08 Å². The van der Waals surface area contributed by atoms with Crippen molar-refractivity contribution in [1.29, 1.82) is 0 Å². The number of carbonyl (C=O) groups excluding carboxylic acids is 1. The van der Waals surface area contributed by atoms with Gasteiger partial charge < -0.3 is 9.47 Å². The van der Waals surface area contributed by atoms with Crippen LogP contribution in [0.2, 0.25) is 0 Å². The van der Waals surface area contributed by atoms with Crippen molar-refractivity contribution >= 4 is 12.0 Å². The summed E-state index contributed by atoms with van der Waals surface area (Å²) in [7, 11) is 1.52. The van der Waals surface area contributed by atoms with Crippen molar-refractivity contribution < 1.29 is 19.2 Å². The molecule has 0 atom stereocenters. The second-order valence-corrected chi connectivity index (χ2v) is 3.28. The Kier molecular flexibility index (Phi) is 4.86. The summed E-state index contributed by atoms with van der Waals surface area (Å²) in [6.07, 6.45) is 1.16. The van der Waals surface area contributed by atoms with Crippen LogP contribution < -0.4 is 4.74 Å². The number of nitro groups is 1. The third-order valence-corrected chi connectivity index (χ3v) is 2.10. The van der Waals surface area contributed by atoms with Gasteiger partial charge in [0.15, 0.2) is 0 Å². The number of esters is 1. The summed E-state index contributed by atoms with van der Waals surface area (Å²) in [5, 5.41) is 10.8. The van der Waals surface area contributed by atoms with Crippen LogP contribution in [0, 0.1) is 10.1 Å². The van der Waals surface area contributed by atoms with Gasteiger partial charge in [-0.1, -0.05) is 12.1 Å². The molecule has 0 unspecified atom stereocenters. The fourth-order valence-electron chi connectivity index (χ4n) is 1.25. The monoisotopic (exact) mass is 251 g/mol. The third-order valence-electron chi connectivity index (χ3n) is 2.10. The van der Waals surface area contributed by atoms with Crippen LogP contribution in [0.15, 0.2) is 30.0 Å². The van der Waals surface area contributed by atoms with Gasteiger partial charge in [0.2, 0.25) is 0 Å². The predicted molar refractivity (Wildman–Crippen MR) is 64.6 cm³/mol. The summed E-state index contributed by atoms with van der Waals surface area (Å²) in [5.41, 5.74) is -0.0717. The van der Waals surface area contributed by atoms with Crippen molar-refractivity contribution in [2.24, 2.45) is 0 Å². The van der Waals surface area contributed by atoms with Crippen molar-refractivity contribution in [1.82, 2.24) is 0 Å². The zero-order valence-electron chi connectivity index (χ0n) is 10.1. The van der Waals surface area contributed by atoms with Crippen LogP contribution in [0.3, 0.4) is 0 Å². The van der Waals surface area contributed by atoms with Gasteiger partial charge in [0.1, 0.15) is 5.75 Å². The number of benzene rings is 1. The quantitative estimate of drug-likeness (QED) is 0.345. The van der Waals surface area contributed by atoms with Crippen LogP contribution >= 0.6 is 0 Å². The van der Waals surface area contributed by atoms with Gasteiger partial charge in [0, 0.05) is 6.08 Å². The highest BCUT2D eigenvalue weighted by Crippen LogP contribution is 2.14. The number of ether oxygens (including phenoxy) is 2. The topological polar surface area (TPSA) is 78.7 Å². The molecular weight excluding hydrogens is 238 g/mol. The fraction of sp³-hybridized carbons (Fsp3) is 0.250. The SMILES string of the molecule is CCOC(=O)C(=Cc1ccc(OC)cc1)[N+](=O)[O-]. The molecule has 0 spiro atoms. The maximum Gasteiger partial charge on any atom is 0.409 e. The van der Waals surface area contributed by atoms with E-state index in [-0.39, 0.29) is 6.61 Å². The fourth-order valence-corrected chi connectivity index (χ4v) is 1.25. The van der Waals surface area contributed by atoms with E-state index in [1.54, 1.807) is 31.2 Å². The van der Waals surface area contributed by atoms with Gasteiger partial charge in [-0.05, 0) is 24.6 Å². The molecule has 96 valence electrons. The average Bonchev–Trinajstić information content (AvgIpc) is 2.36. The van der Waals surface area contributed by atoms with Crippen molar-refractivity contribution in [2.75, 3.05) is 13.7 Å². The van der Waals surface area contributed by atoms with E-state index in [1.807, 2.05) is 0 Å². The van der Waals surface area contributed by atoms with Gasteiger partial charge in [0.05, 0.1) is 18.6 Å². The molecule has 0 aliphatic carbocycles. The van der Waals surface area contributed by atoms with Crippen LogP contribution in [0.5, 0.6) is 5.75 Å². The minimum Gasteiger partial charge on any atom is -0.497 e. The van der Waals surface area contributed by atoms with E-state index in [1.165, 1.54) is 7.11 Å². The minimum atomic E-state index is -0.946. The van der Waals surface area contributed by atoms with Gasteiger partial charge in [-0.2, -0.15) is 0 Å². The van der Waals surface area contributed by atoms with E-state index in [0.29, 0.717) is 11.3 Å². The Balaban J connectivity index is 3.00. The van der Waals surface area contributed by atoms with Crippen LogP contribution in [0.1, 0.15) is 12.5 Å². The Labute approximate surface area is 104 Å². The molecule has 0 saturated carbocycles. The molecule has 0 N–H and O–H groups in total. The molecule has 6 heteroatoms. The van der Waals surface area contributed by atoms with E-state index >= 15 is 0 Å². The molecule has 1 aromatic carbocycles. The smallest absolute Gasteiger partial charge is 0.409 e. The molecule has 1 aromatic rings. The first kappa shape index (κ1) is 13.7. The Bertz CT molecular complexity index is 464. The molecule has 1 rings (SSSR count). The van der Waals surface area contributed by atoms with E-state index in [9.17, 15) is 14.9 Å². The number of nitrogens with zero attached hydrogens (tertiary/aromatic N) is 1. The predicted octanol–water partition coefficient (Wildman–Crippen LogP) is 1.88. The van der Waals surface area contributed by atoms with Crippen molar-refractivity contribution in [2.45, 2.75) is 6.92 Å². The van der Waals surface area contributed by atoms with Crippen molar-refractivity contribution in [3.63, 3.8) is 0 Å². The standard InChI is InChI=1S/C12H13NO5/c1-3-18-12(14)11(13(15)16)8-9-4-6-10(17-2)7-5-9/h4-8H,3H2,1-2H3. The van der Waals surface area contributed by atoms with Gasteiger partial charge in [0.25, 0.3) is 0 Å². The number of carbonyl (C=O) groups is 1.